The third-order valence-corrected chi connectivity index (χ3v) is 4.12. The molecule has 2 heterocycles. The van der Waals surface area contributed by atoms with Gasteiger partial charge in [-0.1, -0.05) is 6.08 Å². The zero-order chi connectivity index (χ0) is 20.6. The topological polar surface area (TPSA) is 169 Å². The number of nitrogens with one attached hydrogen (secondary N) is 1. The molecular weight excluding hydrogens is 384 g/mol. The van der Waals surface area contributed by atoms with Crippen molar-refractivity contribution in [3.05, 3.63) is 11.6 Å². The van der Waals surface area contributed by atoms with E-state index in [0.717, 1.165) is 4.90 Å². The first-order valence-electron chi connectivity index (χ1n) is 8.02. The number of alkyl carbamates (subject to hydrolysis) is 1. The van der Waals surface area contributed by atoms with E-state index in [0.29, 0.717) is 10.6 Å². The number of primary amides is 1. The molecular formula is C14H22N4O8S. The molecule has 1 fully saturated rings. The number of carbonyl (C=O) groups is 3. The van der Waals surface area contributed by atoms with Crippen molar-refractivity contribution in [2.75, 3.05) is 13.1 Å². The lowest BCUT2D eigenvalue weighted by Gasteiger charge is -2.27. The molecule has 2 unspecified atom stereocenters. The van der Waals surface area contributed by atoms with E-state index in [-0.39, 0.29) is 19.5 Å². The number of amides is 4. The first-order chi connectivity index (χ1) is 12.3. The molecule has 2 bridgehead atoms. The van der Waals surface area contributed by atoms with Crippen molar-refractivity contribution in [1.29, 1.82) is 0 Å². The lowest BCUT2D eigenvalue weighted by Crippen LogP contribution is -2.47. The summed E-state index contributed by atoms with van der Waals surface area (Å²) >= 11 is 0. The molecule has 1 saturated heterocycles. The highest BCUT2D eigenvalue weighted by molar-refractivity contribution is 7.80. The lowest BCUT2D eigenvalue weighted by atomic mass is 9.97. The number of nitrogens with zero attached hydrogens (tertiary/aromatic N) is 2. The van der Waals surface area contributed by atoms with Crippen molar-refractivity contribution in [3.8, 4) is 0 Å². The van der Waals surface area contributed by atoms with Crippen LogP contribution in [-0.2, 0) is 24.2 Å². The van der Waals surface area contributed by atoms with Gasteiger partial charge in [-0.15, -0.1) is 4.28 Å². The average molecular weight is 406 g/mol. The number of hydrogen-bond acceptors (Lipinski definition) is 7. The molecule has 2 aliphatic rings. The van der Waals surface area contributed by atoms with Gasteiger partial charge in [0.2, 0.25) is 5.91 Å². The predicted octanol–water partition coefficient (Wildman–Crippen LogP) is -0.464. The molecule has 4 amide bonds. The van der Waals surface area contributed by atoms with Crippen LogP contribution >= 0.6 is 0 Å². The fourth-order valence-corrected chi connectivity index (χ4v) is 3.17. The second-order valence-corrected chi connectivity index (χ2v) is 8.05. The highest BCUT2D eigenvalue weighted by Gasteiger charge is 2.49. The SMILES string of the molecule is CC(C)(C)OC(=O)NCCC1=CC(C(N)=O)N2CC1N(OS(=O)(=O)O)C2=O. The molecule has 0 aromatic rings. The predicted molar refractivity (Wildman–Crippen MR) is 90.3 cm³/mol. The molecule has 0 saturated carbocycles. The van der Waals surface area contributed by atoms with Gasteiger partial charge in [-0.2, -0.15) is 13.5 Å². The highest BCUT2D eigenvalue weighted by Crippen LogP contribution is 2.32. The molecule has 27 heavy (non-hydrogen) atoms. The third-order valence-electron chi connectivity index (χ3n) is 3.77. The second kappa shape index (κ2) is 7.32. The quantitative estimate of drug-likeness (QED) is 0.393. The van der Waals surface area contributed by atoms with Crippen molar-refractivity contribution >= 4 is 28.4 Å². The van der Waals surface area contributed by atoms with Gasteiger partial charge in [0.25, 0.3) is 0 Å². The molecule has 12 nitrogen and oxygen atoms in total. The van der Waals surface area contributed by atoms with E-state index in [4.69, 9.17) is 15.0 Å². The van der Waals surface area contributed by atoms with Gasteiger partial charge in [-0.25, -0.2) is 9.59 Å². The lowest BCUT2D eigenvalue weighted by molar-refractivity contribution is -0.120. The Bertz CT molecular complexity index is 772. The second-order valence-electron chi connectivity index (χ2n) is 7.05. The minimum absolute atomic E-state index is 0.0553. The molecule has 2 rings (SSSR count). The molecule has 152 valence electrons. The van der Waals surface area contributed by atoms with Crippen LogP contribution in [0.25, 0.3) is 0 Å². The van der Waals surface area contributed by atoms with E-state index >= 15 is 0 Å². The molecule has 0 spiro atoms. The normalized spacial score (nSPS) is 22.5. The number of hydroxylamine groups is 2. The van der Waals surface area contributed by atoms with Crippen LogP contribution in [0.2, 0.25) is 0 Å². The van der Waals surface area contributed by atoms with Gasteiger partial charge in [0.05, 0.1) is 6.54 Å². The average Bonchev–Trinajstić information content (AvgIpc) is 2.72. The summed E-state index contributed by atoms with van der Waals surface area (Å²) in [5.41, 5.74) is 5.07. The summed E-state index contributed by atoms with van der Waals surface area (Å²) in [6.45, 7) is 5.15. The molecule has 0 radical (unpaired) electrons. The van der Waals surface area contributed by atoms with Crippen LogP contribution in [0.5, 0.6) is 0 Å². The minimum atomic E-state index is -4.95. The largest absolute Gasteiger partial charge is 0.444 e. The van der Waals surface area contributed by atoms with Crippen LogP contribution in [0.4, 0.5) is 9.59 Å². The van der Waals surface area contributed by atoms with Crippen LogP contribution in [0.15, 0.2) is 11.6 Å². The van der Waals surface area contributed by atoms with Crippen molar-refractivity contribution in [2.24, 2.45) is 5.73 Å². The molecule has 2 aliphatic heterocycles. The number of hydrogen-bond donors (Lipinski definition) is 3. The van der Waals surface area contributed by atoms with E-state index in [2.05, 4.69) is 9.60 Å². The zero-order valence-electron chi connectivity index (χ0n) is 15.0. The molecule has 0 aromatic heterocycles. The van der Waals surface area contributed by atoms with Crippen LogP contribution in [0, 0.1) is 0 Å². The third kappa shape index (κ3) is 5.30. The van der Waals surface area contributed by atoms with E-state index in [1.807, 2.05) is 0 Å². The number of rotatable bonds is 6. The maximum atomic E-state index is 12.3. The molecule has 0 aliphatic carbocycles. The maximum Gasteiger partial charge on any atom is 0.418 e. The number of ether oxygens (including phenoxy) is 1. The Hall–Kier alpha value is -2.38. The van der Waals surface area contributed by atoms with Crippen LogP contribution < -0.4 is 11.1 Å². The van der Waals surface area contributed by atoms with Gasteiger partial charge < -0.3 is 20.7 Å². The Morgan fingerprint density at radius 1 is 1.41 bits per heavy atom. The Balaban J connectivity index is 2.12. The summed E-state index contributed by atoms with van der Waals surface area (Å²) in [6, 6.07) is -2.89. The number of nitrogens with two attached hydrogens (primary N) is 1. The fraction of sp³-hybridized carbons (Fsp3) is 0.643. The van der Waals surface area contributed by atoms with E-state index in [9.17, 15) is 22.8 Å². The highest BCUT2D eigenvalue weighted by atomic mass is 32.3. The molecule has 2 atom stereocenters. The van der Waals surface area contributed by atoms with E-state index in [1.165, 1.54) is 6.08 Å². The summed E-state index contributed by atoms with van der Waals surface area (Å²) in [6.07, 6.45) is 0.930. The fourth-order valence-electron chi connectivity index (χ4n) is 2.80. The maximum absolute atomic E-state index is 12.3. The summed E-state index contributed by atoms with van der Waals surface area (Å²) in [7, 11) is -4.95. The van der Waals surface area contributed by atoms with Gasteiger partial charge >= 0.3 is 22.5 Å². The summed E-state index contributed by atoms with van der Waals surface area (Å²) < 4.78 is 40.4. The van der Waals surface area contributed by atoms with Crippen LogP contribution in [-0.4, -0.2) is 71.7 Å². The Labute approximate surface area is 156 Å². The monoisotopic (exact) mass is 406 g/mol. The summed E-state index contributed by atoms with van der Waals surface area (Å²) in [5, 5.41) is 2.99. The van der Waals surface area contributed by atoms with Crippen molar-refractivity contribution in [1.82, 2.24) is 15.3 Å². The molecule has 13 heteroatoms. The van der Waals surface area contributed by atoms with Gasteiger partial charge in [0.1, 0.15) is 17.7 Å². The number of carbonyl (C=O) groups excluding carboxylic acids is 3. The van der Waals surface area contributed by atoms with Gasteiger partial charge in [0, 0.05) is 6.54 Å². The molecule has 0 aromatic carbocycles. The van der Waals surface area contributed by atoms with Crippen molar-refractivity contribution < 1.29 is 36.4 Å². The summed E-state index contributed by atoms with van der Waals surface area (Å²) in [5.74, 6) is -0.812. The van der Waals surface area contributed by atoms with E-state index < -0.39 is 46.1 Å². The Morgan fingerprint density at radius 2 is 2.04 bits per heavy atom. The smallest absolute Gasteiger partial charge is 0.418 e. The first-order valence-corrected chi connectivity index (χ1v) is 9.38. The Morgan fingerprint density at radius 3 is 2.56 bits per heavy atom. The van der Waals surface area contributed by atoms with E-state index in [1.54, 1.807) is 20.8 Å². The van der Waals surface area contributed by atoms with Crippen LogP contribution in [0.3, 0.4) is 0 Å². The molecule has 4 N–H and O–H groups in total. The van der Waals surface area contributed by atoms with Crippen molar-refractivity contribution in [2.45, 2.75) is 44.9 Å². The van der Waals surface area contributed by atoms with Gasteiger partial charge in [-0.05, 0) is 32.8 Å². The van der Waals surface area contributed by atoms with Gasteiger partial charge in [-0.3, -0.25) is 9.35 Å². The van der Waals surface area contributed by atoms with Crippen molar-refractivity contribution in [3.63, 3.8) is 0 Å². The zero-order valence-corrected chi connectivity index (χ0v) is 15.9. The van der Waals surface area contributed by atoms with Gasteiger partial charge in [0.15, 0.2) is 0 Å². The minimum Gasteiger partial charge on any atom is -0.444 e. The number of urea groups is 1. The number of fused-ring (bicyclic) bond motifs is 2. The summed E-state index contributed by atoms with van der Waals surface area (Å²) in [4.78, 5) is 36.6. The first kappa shape index (κ1) is 20.9. The standard InChI is InChI=1S/C14H22N4O8S/c1-14(2,3)25-12(20)16-5-4-8-6-9(11(15)19)17-7-10(8)18(13(17)21)26-27(22,23)24/h6,9-10H,4-5,7H2,1-3H3,(H2,15,19)(H,16,20)(H,22,23,24). The van der Waals surface area contributed by atoms with Crippen LogP contribution in [0.1, 0.15) is 27.2 Å². The Kier molecular flexibility index (Phi) is 5.68.